The first-order valence-corrected chi connectivity index (χ1v) is 12.2. The summed E-state index contributed by atoms with van der Waals surface area (Å²) in [7, 11) is 0. The van der Waals surface area contributed by atoms with E-state index in [9.17, 15) is 0 Å². The van der Waals surface area contributed by atoms with Gasteiger partial charge < -0.3 is 0 Å². The second-order valence-corrected chi connectivity index (χ2v) is 11.6. The van der Waals surface area contributed by atoms with E-state index in [4.69, 9.17) is 0 Å². The molecule has 0 N–H and O–H groups in total. The molecule has 0 aliphatic heterocycles. The lowest BCUT2D eigenvalue weighted by Gasteiger charge is -2.57. The molecule has 4 aliphatic carbocycles. The van der Waals surface area contributed by atoms with E-state index in [0.29, 0.717) is 10.8 Å². The smallest absolute Gasteiger partial charge is 0.0143 e. The number of allylic oxidation sites excluding steroid dienone is 4. The highest BCUT2D eigenvalue weighted by molar-refractivity contribution is 5.27. The van der Waals surface area contributed by atoms with Gasteiger partial charge >= 0.3 is 0 Å². The highest BCUT2D eigenvalue weighted by Gasteiger charge is 2.57. The van der Waals surface area contributed by atoms with Gasteiger partial charge in [0.05, 0.1) is 0 Å². The fourth-order valence-corrected chi connectivity index (χ4v) is 8.36. The highest BCUT2D eigenvalue weighted by Crippen LogP contribution is 2.66. The van der Waals surface area contributed by atoms with Gasteiger partial charge in [-0.25, -0.2) is 0 Å². The summed E-state index contributed by atoms with van der Waals surface area (Å²) in [5.41, 5.74) is 4.66. The zero-order valence-corrected chi connectivity index (χ0v) is 18.8. The third kappa shape index (κ3) is 3.28. The molecule has 4 rings (SSSR count). The molecule has 3 saturated carbocycles. The van der Waals surface area contributed by atoms with E-state index < -0.39 is 0 Å². The Kier molecular flexibility index (Phi) is 5.41. The van der Waals surface area contributed by atoms with Crippen molar-refractivity contribution >= 4 is 0 Å². The number of rotatable bonds is 4. The summed E-state index contributed by atoms with van der Waals surface area (Å²) in [5.74, 6) is 4.66. The quantitative estimate of drug-likeness (QED) is 0.437. The third-order valence-corrected chi connectivity index (χ3v) is 9.93. The van der Waals surface area contributed by atoms with Gasteiger partial charge in [0, 0.05) is 0 Å². The lowest BCUT2D eigenvalue weighted by Crippen LogP contribution is -2.48. The maximum atomic E-state index is 2.78. The zero-order valence-electron chi connectivity index (χ0n) is 18.8. The maximum absolute atomic E-state index is 2.78. The average molecular weight is 369 g/mol. The van der Waals surface area contributed by atoms with Crippen molar-refractivity contribution in [3.63, 3.8) is 0 Å². The Morgan fingerprint density at radius 2 is 1.81 bits per heavy atom. The molecule has 0 spiro atoms. The Morgan fingerprint density at radius 1 is 1.04 bits per heavy atom. The van der Waals surface area contributed by atoms with Gasteiger partial charge in [0.2, 0.25) is 0 Å². The molecule has 1 unspecified atom stereocenters. The van der Waals surface area contributed by atoms with Crippen LogP contribution in [0.4, 0.5) is 0 Å². The van der Waals surface area contributed by atoms with Gasteiger partial charge in [0.1, 0.15) is 0 Å². The molecule has 4 aliphatic rings. The first-order valence-electron chi connectivity index (χ1n) is 12.2. The molecule has 0 heterocycles. The van der Waals surface area contributed by atoms with Gasteiger partial charge in [-0.1, -0.05) is 56.9 Å². The summed E-state index contributed by atoms with van der Waals surface area (Å²) in [6, 6.07) is 0. The molecule has 0 aromatic rings. The molecule has 0 radical (unpaired) electrons. The average Bonchev–Trinajstić information content (AvgIpc) is 2.98. The monoisotopic (exact) mass is 368 g/mol. The SMILES string of the molecule is CC(C)=CCC[C@@H](C)[C@H]1CC[C@H]2C3=CCC4CCCC[C@]4(C)[C@H]3CC[C@]12C. The van der Waals surface area contributed by atoms with Crippen LogP contribution in [-0.4, -0.2) is 0 Å². The molecule has 0 heteroatoms. The molecule has 0 aromatic carbocycles. The van der Waals surface area contributed by atoms with Crippen LogP contribution in [0.25, 0.3) is 0 Å². The van der Waals surface area contributed by atoms with Crippen molar-refractivity contribution in [3.8, 4) is 0 Å². The molecular formula is C27H44. The topological polar surface area (TPSA) is 0 Å². The van der Waals surface area contributed by atoms with Crippen molar-refractivity contribution in [2.24, 2.45) is 40.4 Å². The van der Waals surface area contributed by atoms with E-state index >= 15 is 0 Å². The van der Waals surface area contributed by atoms with E-state index in [-0.39, 0.29) is 0 Å². The fraction of sp³-hybridized carbons (Fsp3) is 0.852. The fourth-order valence-electron chi connectivity index (χ4n) is 8.36. The van der Waals surface area contributed by atoms with E-state index in [0.717, 1.165) is 29.6 Å². The van der Waals surface area contributed by atoms with Crippen LogP contribution in [0.5, 0.6) is 0 Å². The Morgan fingerprint density at radius 3 is 2.59 bits per heavy atom. The predicted octanol–water partition coefficient (Wildman–Crippen LogP) is 8.34. The minimum absolute atomic E-state index is 0.588. The number of hydrogen-bond donors (Lipinski definition) is 0. The van der Waals surface area contributed by atoms with Crippen molar-refractivity contribution in [1.29, 1.82) is 0 Å². The molecule has 0 aromatic heterocycles. The summed E-state index contributed by atoms with van der Waals surface area (Å²) < 4.78 is 0. The molecule has 0 amide bonds. The standard InChI is InChI=1S/C27H44/c1-19(2)9-8-10-20(3)23-14-15-24-22-13-12-21-11-6-7-17-26(21,4)25(22)16-18-27(23,24)5/h9,13,20-21,23-25H,6-8,10-12,14-18H2,1-5H3/t20-,21?,23-,24+,25+,26+,27-/m1/s1. The highest BCUT2D eigenvalue weighted by atomic mass is 14.6. The van der Waals surface area contributed by atoms with E-state index in [2.05, 4.69) is 46.8 Å². The molecular weight excluding hydrogens is 324 g/mol. The molecule has 7 atom stereocenters. The number of hydrogen-bond acceptors (Lipinski definition) is 0. The summed E-state index contributed by atoms with van der Waals surface area (Å²) in [5, 5.41) is 0. The van der Waals surface area contributed by atoms with Gasteiger partial charge in [-0.15, -0.1) is 0 Å². The third-order valence-electron chi connectivity index (χ3n) is 9.93. The summed E-state index contributed by atoms with van der Waals surface area (Å²) >= 11 is 0. The molecule has 0 saturated heterocycles. The van der Waals surface area contributed by atoms with Crippen LogP contribution < -0.4 is 0 Å². The van der Waals surface area contributed by atoms with Crippen LogP contribution in [0.2, 0.25) is 0 Å². The van der Waals surface area contributed by atoms with Crippen molar-refractivity contribution < 1.29 is 0 Å². The lowest BCUT2D eigenvalue weighted by atomic mass is 9.48. The largest absolute Gasteiger partial charge is 0.0859 e. The van der Waals surface area contributed by atoms with Crippen molar-refractivity contribution in [1.82, 2.24) is 0 Å². The van der Waals surface area contributed by atoms with Gasteiger partial charge in [-0.05, 0) is 112 Å². The van der Waals surface area contributed by atoms with Crippen LogP contribution in [0.15, 0.2) is 23.3 Å². The van der Waals surface area contributed by atoms with Crippen molar-refractivity contribution in [2.75, 3.05) is 0 Å². The minimum atomic E-state index is 0.588. The normalized spacial score (nSPS) is 44.6. The van der Waals surface area contributed by atoms with Crippen molar-refractivity contribution in [2.45, 2.75) is 105 Å². The molecule has 0 bridgehead atoms. The second-order valence-electron chi connectivity index (χ2n) is 11.6. The Labute approximate surface area is 169 Å². The number of fused-ring (bicyclic) bond motifs is 5. The van der Waals surface area contributed by atoms with Crippen LogP contribution in [0, 0.1) is 40.4 Å². The van der Waals surface area contributed by atoms with Gasteiger partial charge in [0.25, 0.3) is 0 Å². The first-order chi connectivity index (χ1) is 12.9. The molecule has 152 valence electrons. The van der Waals surface area contributed by atoms with Crippen molar-refractivity contribution in [3.05, 3.63) is 23.3 Å². The lowest BCUT2D eigenvalue weighted by molar-refractivity contribution is -0.00777. The van der Waals surface area contributed by atoms with Crippen LogP contribution in [-0.2, 0) is 0 Å². The van der Waals surface area contributed by atoms with Gasteiger partial charge in [-0.3, -0.25) is 0 Å². The van der Waals surface area contributed by atoms with E-state index in [1.54, 1.807) is 0 Å². The predicted molar refractivity (Wildman–Crippen MR) is 118 cm³/mol. The molecule has 27 heavy (non-hydrogen) atoms. The Hall–Kier alpha value is -0.520. The molecule has 0 nitrogen and oxygen atoms in total. The first kappa shape index (κ1) is 19.8. The summed E-state index contributed by atoms with van der Waals surface area (Å²) in [4.78, 5) is 0. The van der Waals surface area contributed by atoms with E-state index in [1.807, 2.05) is 5.57 Å². The van der Waals surface area contributed by atoms with Gasteiger partial charge in [-0.2, -0.15) is 0 Å². The van der Waals surface area contributed by atoms with Gasteiger partial charge in [0.15, 0.2) is 0 Å². The van der Waals surface area contributed by atoms with E-state index in [1.165, 1.54) is 76.2 Å². The minimum Gasteiger partial charge on any atom is -0.0859 e. The molecule has 3 fully saturated rings. The Balaban J connectivity index is 1.52. The Bertz CT molecular complexity index is 606. The van der Waals surface area contributed by atoms with Crippen LogP contribution in [0.3, 0.4) is 0 Å². The second kappa shape index (κ2) is 7.38. The summed E-state index contributed by atoms with van der Waals surface area (Å²) in [6.45, 7) is 12.4. The summed E-state index contributed by atoms with van der Waals surface area (Å²) in [6.07, 6.45) is 21.2. The van der Waals surface area contributed by atoms with Crippen LogP contribution >= 0.6 is 0 Å². The van der Waals surface area contributed by atoms with Crippen LogP contribution in [0.1, 0.15) is 105 Å². The zero-order chi connectivity index (χ0) is 19.2. The maximum Gasteiger partial charge on any atom is -0.0143 e.